The maximum Gasteiger partial charge on any atom is 0.407 e. The average Bonchev–Trinajstić information content (AvgIpc) is 2.35. The summed E-state index contributed by atoms with van der Waals surface area (Å²) in [4.78, 5) is 22.3. The second-order valence-corrected chi connectivity index (χ2v) is 4.65. The predicted molar refractivity (Wildman–Crippen MR) is 73.8 cm³/mol. The number of nitrogens with one attached hydrogen (secondary N) is 1. The van der Waals surface area contributed by atoms with Crippen molar-refractivity contribution in [1.82, 2.24) is 5.32 Å². The number of carbonyl (C=O) groups excluding carboxylic acids is 1. The molecule has 0 aliphatic carbocycles. The fourth-order valence-corrected chi connectivity index (χ4v) is 1.89. The van der Waals surface area contributed by atoms with Crippen LogP contribution in [0.1, 0.15) is 18.0 Å². The number of alkyl carbamates (subject to hydrolysis) is 1. The van der Waals surface area contributed by atoms with Crippen molar-refractivity contribution in [2.24, 2.45) is 0 Å². The Hall–Kier alpha value is -1.82. The third-order valence-corrected chi connectivity index (χ3v) is 2.75. The zero-order valence-corrected chi connectivity index (χ0v) is 11.7. The maximum atomic E-state index is 11.5. The molecule has 0 radical (unpaired) electrons. The first-order valence-corrected chi connectivity index (χ1v) is 6.33. The van der Waals surface area contributed by atoms with E-state index in [4.69, 9.17) is 9.84 Å². The van der Waals surface area contributed by atoms with E-state index in [2.05, 4.69) is 27.8 Å². The molecule has 0 aliphatic heterocycles. The number of hydrogen-bond donors (Lipinski definition) is 2. The zero-order chi connectivity index (χ0) is 14.3. The van der Waals surface area contributed by atoms with Crippen LogP contribution in [0.5, 0.6) is 0 Å². The molecule has 0 spiro atoms. The van der Waals surface area contributed by atoms with Gasteiger partial charge in [0.05, 0.1) is 12.5 Å². The molecule has 0 saturated carbocycles. The van der Waals surface area contributed by atoms with E-state index in [9.17, 15) is 9.59 Å². The summed E-state index contributed by atoms with van der Waals surface area (Å²) in [5, 5.41) is 11.4. The van der Waals surface area contributed by atoms with Crippen LogP contribution >= 0.6 is 15.9 Å². The topological polar surface area (TPSA) is 75.6 Å². The first-order valence-electron chi connectivity index (χ1n) is 5.54. The molecule has 1 rings (SSSR count). The molecular weight excluding hydrogens is 314 g/mol. The van der Waals surface area contributed by atoms with Crippen LogP contribution in [-0.4, -0.2) is 23.8 Å². The van der Waals surface area contributed by atoms with Gasteiger partial charge >= 0.3 is 12.1 Å². The van der Waals surface area contributed by atoms with Gasteiger partial charge in [0, 0.05) is 4.47 Å². The van der Waals surface area contributed by atoms with E-state index in [1.165, 1.54) is 6.08 Å². The second kappa shape index (κ2) is 7.58. The van der Waals surface area contributed by atoms with Crippen molar-refractivity contribution in [2.75, 3.05) is 6.61 Å². The van der Waals surface area contributed by atoms with Crippen molar-refractivity contribution < 1.29 is 19.4 Å². The van der Waals surface area contributed by atoms with Gasteiger partial charge in [-0.2, -0.15) is 0 Å². The Kier molecular flexibility index (Phi) is 6.08. The van der Waals surface area contributed by atoms with Crippen LogP contribution in [0.4, 0.5) is 4.79 Å². The lowest BCUT2D eigenvalue weighted by Gasteiger charge is -2.17. The first-order chi connectivity index (χ1) is 9.02. The molecule has 6 heteroatoms. The fourth-order valence-electron chi connectivity index (χ4n) is 1.47. The van der Waals surface area contributed by atoms with Crippen molar-refractivity contribution in [2.45, 2.75) is 12.5 Å². The Labute approximate surface area is 119 Å². The molecule has 0 unspecified atom stereocenters. The van der Waals surface area contributed by atoms with Crippen LogP contribution < -0.4 is 5.32 Å². The van der Waals surface area contributed by atoms with Gasteiger partial charge < -0.3 is 15.2 Å². The van der Waals surface area contributed by atoms with Crippen molar-refractivity contribution >= 4 is 28.0 Å². The van der Waals surface area contributed by atoms with Gasteiger partial charge in [-0.15, -0.1) is 0 Å². The van der Waals surface area contributed by atoms with Crippen molar-refractivity contribution in [3.05, 3.63) is 47.0 Å². The lowest BCUT2D eigenvalue weighted by Crippen LogP contribution is -2.30. The summed E-state index contributed by atoms with van der Waals surface area (Å²) >= 11 is 3.30. The summed E-state index contributed by atoms with van der Waals surface area (Å²) < 4.78 is 5.59. The number of carbonyl (C=O) groups is 2. The fraction of sp³-hybridized carbons (Fsp3) is 0.231. The third-order valence-electron chi connectivity index (χ3n) is 2.25. The van der Waals surface area contributed by atoms with Crippen LogP contribution in [0.15, 0.2) is 41.4 Å². The summed E-state index contributed by atoms with van der Waals surface area (Å²) in [5.74, 6) is -1.01. The number of halogens is 1. The number of benzene rings is 1. The summed E-state index contributed by atoms with van der Waals surface area (Å²) in [6.07, 6.45) is 0.538. The van der Waals surface area contributed by atoms with Gasteiger partial charge in [0.1, 0.15) is 6.61 Å². The standard InChI is InChI=1S/C13H14BrNO4/c1-2-6-19-13(18)15-11(8-12(16)17)9-4-3-5-10(14)7-9/h2-5,7,11H,1,6,8H2,(H,15,18)(H,16,17)/t11-/m1/s1. The number of rotatable bonds is 6. The molecule has 19 heavy (non-hydrogen) atoms. The van der Waals surface area contributed by atoms with Crippen molar-refractivity contribution in [3.63, 3.8) is 0 Å². The monoisotopic (exact) mass is 327 g/mol. The molecule has 5 nitrogen and oxygen atoms in total. The Balaban J connectivity index is 2.79. The molecule has 0 fully saturated rings. The Morgan fingerprint density at radius 2 is 2.26 bits per heavy atom. The molecule has 0 aromatic heterocycles. The highest BCUT2D eigenvalue weighted by atomic mass is 79.9. The van der Waals surface area contributed by atoms with E-state index in [-0.39, 0.29) is 13.0 Å². The highest BCUT2D eigenvalue weighted by molar-refractivity contribution is 9.10. The second-order valence-electron chi connectivity index (χ2n) is 3.74. The van der Waals surface area contributed by atoms with Gasteiger partial charge in [-0.05, 0) is 17.7 Å². The molecule has 0 aliphatic rings. The molecule has 1 atom stereocenters. The van der Waals surface area contributed by atoms with Crippen LogP contribution in [-0.2, 0) is 9.53 Å². The molecule has 0 bridgehead atoms. The van der Waals surface area contributed by atoms with E-state index in [1.807, 2.05) is 6.07 Å². The SMILES string of the molecule is C=CCOC(=O)N[C@H](CC(=O)O)c1cccc(Br)c1. The number of carboxylic acid groups (broad SMARTS) is 1. The highest BCUT2D eigenvalue weighted by Crippen LogP contribution is 2.21. The minimum absolute atomic E-state index is 0.0735. The van der Waals surface area contributed by atoms with Crippen molar-refractivity contribution in [3.8, 4) is 0 Å². The molecular formula is C13H14BrNO4. The van der Waals surface area contributed by atoms with Gasteiger partial charge in [0.15, 0.2) is 0 Å². The van der Waals surface area contributed by atoms with E-state index in [0.29, 0.717) is 5.56 Å². The summed E-state index contributed by atoms with van der Waals surface area (Å²) in [5.41, 5.74) is 0.687. The predicted octanol–water partition coefficient (Wildman–Crippen LogP) is 2.88. The molecule has 1 aromatic rings. The molecule has 0 heterocycles. The van der Waals surface area contributed by atoms with Gasteiger partial charge in [0.2, 0.25) is 0 Å². The lowest BCUT2D eigenvalue weighted by atomic mass is 10.0. The van der Waals surface area contributed by atoms with Gasteiger partial charge in [-0.3, -0.25) is 4.79 Å². The summed E-state index contributed by atoms with van der Waals surface area (Å²) in [6, 6.07) is 6.43. The number of ether oxygens (including phenoxy) is 1. The van der Waals surface area contributed by atoms with E-state index in [1.54, 1.807) is 18.2 Å². The van der Waals surface area contributed by atoms with E-state index >= 15 is 0 Å². The average molecular weight is 328 g/mol. The van der Waals surface area contributed by atoms with Crippen LogP contribution in [0, 0.1) is 0 Å². The van der Waals surface area contributed by atoms with Gasteiger partial charge in [-0.25, -0.2) is 4.79 Å². The number of amides is 1. The Morgan fingerprint density at radius 3 is 2.84 bits per heavy atom. The molecule has 1 amide bonds. The highest BCUT2D eigenvalue weighted by Gasteiger charge is 2.18. The van der Waals surface area contributed by atoms with Gasteiger partial charge in [0.25, 0.3) is 0 Å². The van der Waals surface area contributed by atoms with Gasteiger partial charge in [-0.1, -0.05) is 40.7 Å². The van der Waals surface area contributed by atoms with Crippen LogP contribution in [0.3, 0.4) is 0 Å². The normalized spacial score (nSPS) is 11.4. The molecule has 0 saturated heterocycles. The number of aliphatic carboxylic acids is 1. The van der Waals surface area contributed by atoms with E-state index in [0.717, 1.165) is 4.47 Å². The largest absolute Gasteiger partial charge is 0.481 e. The molecule has 2 N–H and O–H groups in total. The Morgan fingerprint density at radius 1 is 1.53 bits per heavy atom. The smallest absolute Gasteiger partial charge is 0.407 e. The minimum Gasteiger partial charge on any atom is -0.481 e. The Bertz CT molecular complexity index is 475. The number of carboxylic acids is 1. The van der Waals surface area contributed by atoms with Crippen molar-refractivity contribution in [1.29, 1.82) is 0 Å². The summed E-state index contributed by atoms with van der Waals surface area (Å²) in [6.45, 7) is 3.50. The van der Waals surface area contributed by atoms with Crippen LogP contribution in [0.2, 0.25) is 0 Å². The maximum absolute atomic E-state index is 11.5. The number of hydrogen-bond acceptors (Lipinski definition) is 3. The lowest BCUT2D eigenvalue weighted by molar-refractivity contribution is -0.137. The minimum atomic E-state index is -1.01. The molecule has 1 aromatic carbocycles. The summed E-state index contributed by atoms with van der Waals surface area (Å²) in [7, 11) is 0. The third kappa shape index (κ3) is 5.56. The zero-order valence-electron chi connectivity index (χ0n) is 10.1. The quantitative estimate of drug-likeness (QED) is 0.788. The first kappa shape index (κ1) is 15.2. The van der Waals surface area contributed by atoms with Crippen LogP contribution in [0.25, 0.3) is 0 Å². The van der Waals surface area contributed by atoms with E-state index < -0.39 is 18.1 Å². The molecule has 102 valence electrons.